The van der Waals surface area contributed by atoms with Crippen molar-refractivity contribution in [3.8, 4) is 0 Å². The molecule has 3 aromatic rings. The molecule has 0 aliphatic rings. The predicted molar refractivity (Wildman–Crippen MR) is 87.1 cm³/mol. The molecule has 0 radical (unpaired) electrons. The van der Waals surface area contributed by atoms with E-state index >= 15 is 0 Å². The second-order valence-corrected chi connectivity index (χ2v) is 6.72. The van der Waals surface area contributed by atoms with Crippen LogP contribution in [0, 0.1) is 0 Å². The van der Waals surface area contributed by atoms with E-state index in [1.165, 1.54) is 0 Å². The highest BCUT2D eigenvalue weighted by Crippen LogP contribution is 2.22. The number of aromatic nitrogens is 1. The molecule has 0 saturated carbocycles. The lowest BCUT2D eigenvalue weighted by Gasteiger charge is -2.09. The Bertz CT molecular complexity index is 872. The number of nitrogens with one attached hydrogen (secondary N) is 1. The van der Waals surface area contributed by atoms with Crippen LogP contribution < -0.4 is 4.72 Å². The van der Waals surface area contributed by atoms with Gasteiger partial charge < -0.3 is 0 Å². The van der Waals surface area contributed by atoms with Gasteiger partial charge in [-0.3, -0.25) is 4.98 Å². The van der Waals surface area contributed by atoms with Crippen LogP contribution in [-0.2, 0) is 16.4 Å². The van der Waals surface area contributed by atoms with Gasteiger partial charge in [0.05, 0.1) is 4.90 Å². The summed E-state index contributed by atoms with van der Waals surface area (Å²) in [6.45, 7) is 0.344. The Balaban J connectivity index is 1.80. The lowest BCUT2D eigenvalue weighted by molar-refractivity contribution is 0.582. The Morgan fingerprint density at radius 1 is 0.955 bits per heavy atom. The molecule has 5 heteroatoms. The average Bonchev–Trinajstić information content (AvgIpc) is 2.55. The van der Waals surface area contributed by atoms with Crippen LogP contribution in [0.25, 0.3) is 10.8 Å². The molecule has 112 valence electrons. The zero-order chi connectivity index (χ0) is 15.4. The maximum atomic E-state index is 12.5. The van der Waals surface area contributed by atoms with Crippen molar-refractivity contribution in [2.75, 3.05) is 6.54 Å². The zero-order valence-electron chi connectivity index (χ0n) is 11.9. The minimum absolute atomic E-state index is 0.316. The topological polar surface area (TPSA) is 59.1 Å². The number of hydrogen-bond donors (Lipinski definition) is 1. The third-order valence-corrected chi connectivity index (χ3v) is 4.99. The molecule has 1 N–H and O–H groups in total. The van der Waals surface area contributed by atoms with E-state index in [4.69, 9.17) is 0 Å². The first kappa shape index (κ1) is 14.7. The van der Waals surface area contributed by atoms with Crippen LogP contribution in [0.2, 0.25) is 0 Å². The van der Waals surface area contributed by atoms with E-state index in [0.717, 1.165) is 16.3 Å². The average molecular weight is 312 g/mol. The summed E-state index contributed by atoms with van der Waals surface area (Å²) < 4.78 is 27.7. The van der Waals surface area contributed by atoms with Crippen LogP contribution in [0.4, 0.5) is 0 Å². The summed E-state index contributed by atoms with van der Waals surface area (Å²) in [6.07, 6.45) is 4.05. The monoisotopic (exact) mass is 312 g/mol. The van der Waals surface area contributed by atoms with Crippen LogP contribution >= 0.6 is 0 Å². The number of nitrogens with zero attached hydrogens (tertiary/aromatic N) is 1. The van der Waals surface area contributed by atoms with Gasteiger partial charge in [-0.25, -0.2) is 13.1 Å². The predicted octanol–water partition coefficient (Wildman–Crippen LogP) is 2.76. The van der Waals surface area contributed by atoms with E-state index in [0.29, 0.717) is 17.9 Å². The molecule has 0 fully saturated rings. The van der Waals surface area contributed by atoms with Gasteiger partial charge >= 0.3 is 0 Å². The lowest BCUT2D eigenvalue weighted by Crippen LogP contribution is -2.26. The second-order valence-electron chi connectivity index (χ2n) is 4.99. The summed E-state index contributed by atoms with van der Waals surface area (Å²) in [5.74, 6) is 0. The van der Waals surface area contributed by atoms with Gasteiger partial charge in [-0.2, -0.15) is 0 Å². The second kappa shape index (κ2) is 6.25. The molecular weight excluding hydrogens is 296 g/mol. The van der Waals surface area contributed by atoms with Gasteiger partial charge in [0.25, 0.3) is 0 Å². The Kier molecular flexibility index (Phi) is 4.18. The van der Waals surface area contributed by atoms with Gasteiger partial charge in [0.1, 0.15) is 0 Å². The van der Waals surface area contributed by atoms with Crippen LogP contribution in [0.1, 0.15) is 5.56 Å². The smallest absolute Gasteiger partial charge is 0.241 e. The SMILES string of the molecule is O=S(=O)(NCCc1cccnc1)c1cccc2ccccc12. The van der Waals surface area contributed by atoms with E-state index in [1.807, 2.05) is 42.5 Å². The fourth-order valence-electron chi connectivity index (χ4n) is 2.38. The van der Waals surface area contributed by atoms with E-state index in [1.54, 1.807) is 24.5 Å². The first-order valence-electron chi connectivity index (χ1n) is 7.03. The summed E-state index contributed by atoms with van der Waals surface area (Å²) in [6, 6.07) is 16.5. The summed E-state index contributed by atoms with van der Waals surface area (Å²) >= 11 is 0. The molecule has 0 saturated heterocycles. The molecule has 0 aliphatic carbocycles. The summed E-state index contributed by atoms with van der Waals surface area (Å²) in [7, 11) is -3.53. The van der Waals surface area contributed by atoms with Gasteiger partial charge in [-0.1, -0.05) is 42.5 Å². The summed E-state index contributed by atoms with van der Waals surface area (Å²) in [5, 5.41) is 1.65. The fraction of sp³-hybridized carbons (Fsp3) is 0.118. The van der Waals surface area contributed by atoms with Crippen LogP contribution in [0.3, 0.4) is 0 Å². The molecular formula is C17H16N2O2S. The molecule has 22 heavy (non-hydrogen) atoms. The number of sulfonamides is 1. The number of fused-ring (bicyclic) bond motifs is 1. The highest BCUT2D eigenvalue weighted by atomic mass is 32.2. The van der Waals surface area contributed by atoms with Gasteiger partial charge in [-0.15, -0.1) is 0 Å². The highest BCUT2D eigenvalue weighted by molar-refractivity contribution is 7.89. The Labute approximate surface area is 129 Å². The minimum Gasteiger partial charge on any atom is -0.264 e. The molecule has 4 nitrogen and oxygen atoms in total. The normalized spacial score (nSPS) is 11.6. The Morgan fingerprint density at radius 3 is 2.59 bits per heavy atom. The van der Waals surface area contributed by atoms with Crippen LogP contribution in [0.5, 0.6) is 0 Å². The standard InChI is InChI=1S/C17H16N2O2S/c20-22(21,19-12-10-14-5-4-11-18-13-14)17-9-3-7-15-6-1-2-8-16(15)17/h1-9,11,13,19H,10,12H2. The zero-order valence-corrected chi connectivity index (χ0v) is 12.8. The third-order valence-electron chi connectivity index (χ3n) is 3.47. The quantitative estimate of drug-likeness (QED) is 0.788. The van der Waals surface area contributed by atoms with Crippen molar-refractivity contribution in [1.29, 1.82) is 0 Å². The maximum Gasteiger partial charge on any atom is 0.241 e. The molecule has 3 rings (SSSR count). The molecule has 0 aliphatic heterocycles. The van der Waals surface area contributed by atoms with Gasteiger partial charge in [0.2, 0.25) is 10.0 Å². The van der Waals surface area contributed by atoms with Gasteiger partial charge in [0.15, 0.2) is 0 Å². The summed E-state index contributed by atoms with van der Waals surface area (Å²) in [5.41, 5.74) is 1.00. The molecule has 0 unspecified atom stereocenters. The van der Waals surface area contributed by atoms with E-state index < -0.39 is 10.0 Å². The van der Waals surface area contributed by atoms with E-state index in [9.17, 15) is 8.42 Å². The molecule has 0 atom stereocenters. The highest BCUT2D eigenvalue weighted by Gasteiger charge is 2.16. The molecule has 0 spiro atoms. The minimum atomic E-state index is -3.53. The Morgan fingerprint density at radius 2 is 1.77 bits per heavy atom. The molecule has 1 heterocycles. The largest absolute Gasteiger partial charge is 0.264 e. The maximum absolute atomic E-state index is 12.5. The van der Waals surface area contributed by atoms with Gasteiger partial charge in [0, 0.05) is 24.3 Å². The Hall–Kier alpha value is -2.24. The fourth-order valence-corrected chi connectivity index (χ4v) is 3.64. The first-order chi connectivity index (χ1) is 10.7. The van der Waals surface area contributed by atoms with Crippen molar-refractivity contribution in [3.63, 3.8) is 0 Å². The van der Waals surface area contributed by atoms with Gasteiger partial charge in [-0.05, 0) is 29.5 Å². The molecule has 0 bridgehead atoms. The van der Waals surface area contributed by atoms with Crippen LogP contribution in [-0.4, -0.2) is 19.9 Å². The van der Waals surface area contributed by atoms with Crippen molar-refractivity contribution in [2.45, 2.75) is 11.3 Å². The van der Waals surface area contributed by atoms with Crippen molar-refractivity contribution >= 4 is 20.8 Å². The lowest BCUT2D eigenvalue weighted by atomic mass is 10.1. The van der Waals surface area contributed by atoms with E-state index in [-0.39, 0.29) is 0 Å². The number of hydrogen-bond acceptors (Lipinski definition) is 3. The van der Waals surface area contributed by atoms with Crippen molar-refractivity contribution in [2.24, 2.45) is 0 Å². The van der Waals surface area contributed by atoms with Crippen molar-refractivity contribution in [3.05, 3.63) is 72.6 Å². The summed E-state index contributed by atoms with van der Waals surface area (Å²) in [4.78, 5) is 4.34. The first-order valence-corrected chi connectivity index (χ1v) is 8.51. The molecule has 0 amide bonds. The van der Waals surface area contributed by atoms with Crippen molar-refractivity contribution < 1.29 is 8.42 Å². The van der Waals surface area contributed by atoms with Crippen LogP contribution in [0.15, 0.2) is 71.9 Å². The number of pyridine rings is 1. The molecule has 2 aromatic carbocycles. The van der Waals surface area contributed by atoms with E-state index in [2.05, 4.69) is 9.71 Å². The third kappa shape index (κ3) is 3.16. The molecule has 1 aromatic heterocycles. The number of rotatable bonds is 5. The van der Waals surface area contributed by atoms with Crippen molar-refractivity contribution in [1.82, 2.24) is 9.71 Å². The number of benzene rings is 2.